The summed E-state index contributed by atoms with van der Waals surface area (Å²) in [7, 11) is 0. The molecule has 5 nitrogen and oxygen atoms in total. The predicted molar refractivity (Wildman–Crippen MR) is 110 cm³/mol. The van der Waals surface area contributed by atoms with E-state index in [-0.39, 0.29) is 18.6 Å². The fourth-order valence-corrected chi connectivity index (χ4v) is 3.37. The maximum Gasteiger partial charge on any atom is 0.255 e. The zero-order valence-corrected chi connectivity index (χ0v) is 16.1. The number of nitrogens with one attached hydrogen (secondary N) is 1. The molecule has 1 aliphatic carbocycles. The van der Waals surface area contributed by atoms with Gasteiger partial charge in [0.05, 0.1) is 6.04 Å². The highest BCUT2D eigenvalue weighted by Crippen LogP contribution is 2.24. The molecule has 1 aliphatic rings. The molecule has 5 heteroatoms. The van der Waals surface area contributed by atoms with Crippen molar-refractivity contribution in [1.29, 1.82) is 0 Å². The Morgan fingerprint density at radius 3 is 2.54 bits per heavy atom. The smallest absolute Gasteiger partial charge is 0.255 e. The average Bonchev–Trinajstić information content (AvgIpc) is 2.71. The molecule has 0 radical (unpaired) electrons. The third kappa shape index (κ3) is 5.46. The second kappa shape index (κ2) is 9.22. The standard InChI is InChI=1S/C23H26N2O3/c1-16(19-10-9-18-4-2-3-5-20(18)14-19)25-23(27)13-8-17-6-11-21(12-7-17)28-15-22(24)26/h6-14,16H,2-5,15H2,1H3,(H2,24,26)(H,25,27)/b13-8+. The van der Waals surface area contributed by atoms with Crippen LogP contribution in [0.3, 0.4) is 0 Å². The van der Waals surface area contributed by atoms with Gasteiger partial charge in [-0.25, -0.2) is 0 Å². The van der Waals surface area contributed by atoms with Gasteiger partial charge in [-0.15, -0.1) is 0 Å². The Morgan fingerprint density at radius 2 is 1.82 bits per heavy atom. The van der Waals surface area contributed by atoms with Crippen LogP contribution in [0.2, 0.25) is 0 Å². The first-order chi connectivity index (χ1) is 13.5. The highest BCUT2D eigenvalue weighted by atomic mass is 16.5. The summed E-state index contributed by atoms with van der Waals surface area (Å²) >= 11 is 0. The molecule has 28 heavy (non-hydrogen) atoms. The van der Waals surface area contributed by atoms with Crippen molar-refractivity contribution in [3.05, 3.63) is 70.8 Å². The minimum atomic E-state index is -0.520. The van der Waals surface area contributed by atoms with E-state index in [0.717, 1.165) is 24.0 Å². The van der Waals surface area contributed by atoms with Gasteiger partial charge in [0.2, 0.25) is 5.91 Å². The quantitative estimate of drug-likeness (QED) is 0.725. The number of benzene rings is 2. The van der Waals surface area contributed by atoms with Gasteiger partial charge >= 0.3 is 0 Å². The molecule has 0 heterocycles. The van der Waals surface area contributed by atoms with E-state index >= 15 is 0 Å². The molecule has 2 aromatic carbocycles. The fourth-order valence-electron chi connectivity index (χ4n) is 3.37. The predicted octanol–water partition coefficient (Wildman–Crippen LogP) is 3.32. The Morgan fingerprint density at radius 1 is 1.11 bits per heavy atom. The first kappa shape index (κ1) is 19.7. The first-order valence-corrected chi connectivity index (χ1v) is 9.63. The van der Waals surface area contributed by atoms with Crippen LogP contribution in [0.25, 0.3) is 6.08 Å². The van der Waals surface area contributed by atoms with E-state index in [2.05, 4.69) is 23.5 Å². The summed E-state index contributed by atoms with van der Waals surface area (Å²) < 4.78 is 5.21. The van der Waals surface area contributed by atoms with Crippen LogP contribution in [0.5, 0.6) is 5.75 Å². The highest BCUT2D eigenvalue weighted by Gasteiger charge is 2.13. The monoisotopic (exact) mass is 378 g/mol. The fraction of sp³-hybridized carbons (Fsp3) is 0.304. The Balaban J connectivity index is 1.55. The van der Waals surface area contributed by atoms with Gasteiger partial charge in [-0.05, 0) is 73.1 Å². The van der Waals surface area contributed by atoms with Crippen LogP contribution in [-0.4, -0.2) is 18.4 Å². The largest absolute Gasteiger partial charge is 0.484 e. The third-order valence-electron chi connectivity index (χ3n) is 4.92. The van der Waals surface area contributed by atoms with Crippen LogP contribution in [0.4, 0.5) is 0 Å². The summed E-state index contributed by atoms with van der Waals surface area (Å²) in [5.74, 6) is -0.102. The zero-order valence-electron chi connectivity index (χ0n) is 16.1. The molecule has 3 rings (SSSR count). The van der Waals surface area contributed by atoms with E-state index in [1.54, 1.807) is 18.2 Å². The molecule has 2 amide bonds. The summed E-state index contributed by atoms with van der Waals surface area (Å²) in [6.07, 6.45) is 8.06. The molecule has 0 saturated heterocycles. The summed E-state index contributed by atoms with van der Waals surface area (Å²) in [5.41, 5.74) is 9.91. The lowest BCUT2D eigenvalue weighted by Gasteiger charge is -2.19. The molecule has 0 spiro atoms. The number of fused-ring (bicyclic) bond motifs is 1. The number of carbonyl (C=O) groups is 2. The van der Waals surface area contributed by atoms with Gasteiger partial charge in [0.1, 0.15) is 5.75 Å². The second-order valence-electron chi connectivity index (χ2n) is 7.12. The second-order valence-corrected chi connectivity index (χ2v) is 7.12. The lowest BCUT2D eigenvalue weighted by Crippen LogP contribution is -2.24. The van der Waals surface area contributed by atoms with Gasteiger partial charge in [-0.3, -0.25) is 9.59 Å². The molecular formula is C23H26N2O3. The third-order valence-corrected chi connectivity index (χ3v) is 4.92. The molecule has 2 aromatic rings. The minimum Gasteiger partial charge on any atom is -0.484 e. The summed E-state index contributed by atoms with van der Waals surface area (Å²) in [6, 6.07) is 13.6. The number of primary amides is 1. The number of nitrogens with two attached hydrogens (primary N) is 1. The molecule has 0 fully saturated rings. The van der Waals surface area contributed by atoms with Gasteiger partial charge in [0.25, 0.3) is 5.91 Å². The first-order valence-electron chi connectivity index (χ1n) is 9.63. The average molecular weight is 378 g/mol. The summed E-state index contributed by atoms with van der Waals surface area (Å²) in [6.45, 7) is 1.85. The number of amides is 2. The Hall–Kier alpha value is -3.08. The molecule has 146 valence electrons. The maximum atomic E-state index is 12.3. The van der Waals surface area contributed by atoms with Crippen molar-refractivity contribution >= 4 is 17.9 Å². The van der Waals surface area contributed by atoms with Crippen molar-refractivity contribution in [2.24, 2.45) is 5.73 Å². The van der Waals surface area contributed by atoms with E-state index in [1.807, 2.05) is 19.1 Å². The number of carbonyl (C=O) groups excluding carboxylic acids is 2. The molecule has 3 N–H and O–H groups in total. The topological polar surface area (TPSA) is 81.4 Å². The lowest BCUT2D eigenvalue weighted by atomic mass is 9.89. The van der Waals surface area contributed by atoms with Crippen molar-refractivity contribution in [3.63, 3.8) is 0 Å². The van der Waals surface area contributed by atoms with Gasteiger partial charge in [-0.1, -0.05) is 30.3 Å². The number of ether oxygens (including phenoxy) is 1. The number of aryl methyl sites for hydroxylation is 2. The highest BCUT2D eigenvalue weighted by molar-refractivity contribution is 5.92. The van der Waals surface area contributed by atoms with Gasteiger partial charge < -0.3 is 15.8 Å². The zero-order chi connectivity index (χ0) is 19.9. The summed E-state index contributed by atoms with van der Waals surface area (Å²) in [5, 5.41) is 3.02. The van der Waals surface area contributed by atoms with Crippen molar-refractivity contribution in [2.45, 2.75) is 38.6 Å². The number of rotatable bonds is 7. The Labute approximate surface area is 165 Å². The molecule has 0 saturated carbocycles. The van der Waals surface area contributed by atoms with E-state index in [1.165, 1.54) is 30.0 Å². The summed E-state index contributed by atoms with van der Waals surface area (Å²) in [4.78, 5) is 23.0. The normalized spacial score (nSPS) is 14.3. The molecule has 1 atom stereocenters. The van der Waals surface area contributed by atoms with E-state index < -0.39 is 5.91 Å². The molecule has 0 aromatic heterocycles. The number of hydrogen-bond acceptors (Lipinski definition) is 3. The van der Waals surface area contributed by atoms with Crippen molar-refractivity contribution in [1.82, 2.24) is 5.32 Å². The van der Waals surface area contributed by atoms with Gasteiger partial charge in [-0.2, -0.15) is 0 Å². The maximum absolute atomic E-state index is 12.3. The van der Waals surface area contributed by atoms with Gasteiger partial charge in [0.15, 0.2) is 6.61 Å². The molecular weight excluding hydrogens is 352 g/mol. The molecule has 1 unspecified atom stereocenters. The SMILES string of the molecule is CC(NC(=O)/C=C/c1ccc(OCC(N)=O)cc1)c1ccc2c(c1)CCCC2. The molecule has 0 aliphatic heterocycles. The minimum absolute atomic E-state index is 0.0473. The van der Waals surface area contributed by atoms with Crippen LogP contribution in [-0.2, 0) is 22.4 Å². The lowest BCUT2D eigenvalue weighted by molar-refractivity contribution is -0.120. The number of hydrogen-bond donors (Lipinski definition) is 2. The van der Waals surface area contributed by atoms with Crippen LogP contribution >= 0.6 is 0 Å². The molecule has 0 bridgehead atoms. The van der Waals surface area contributed by atoms with E-state index in [9.17, 15) is 9.59 Å². The van der Waals surface area contributed by atoms with Crippen molar-refractivity contribution in [3.8, 4) is 5.75 Å². The van der Waals surface area contributed by atoms with Crippen LogP contribution in [0.1, 0.15) is 48.1 Å². The van der Waals surface area contributed by atoms with Crippen LogP contribution in [0.15, 0.2) is 48.5 Å². The van der Waals surface area contributed by atoms with E-state index in [4.69, 9.17) is 10.5 Å². The van der Waals surface area contributed by atoms with Crippen molar-refractivity contribution < 1.29 is 14.3 Å². The Bertz CT molecular complexity index is 872. The van der Waals surface area contributed by atoms with Crippen LogP contribution in [0, 0.1) is 0 Å². The van der Waals surface area contributed by atoms with Gasteiger partial charge in [0, 0.05) is 6.08 Å². The van der Waals surface area contributed by atoms with Crippen molar-refractivity contribution in [2.75, 3.05) is 6.61 Å². The van der Waals surface area contributed by atoms with E-state index in [0.29, 0.717) is 5.75 Å². The Kier molecular flexibility index (Phi) is 6.48. The van der Waals surface area contributed by atoms with Crippen LogP contribution < -0.4 is 15.8 Å².